The summed E-state index contributed by atoms with van der Waals surface area (Å²) in [7, 11) is 0. The maximum atomic E-state index is 12.0. The van der Waals surface area contributed by atoms with Crippen molar-refractivity contribution < 1.29 is 9.85 Å². The molecule has 0 radical (unpaired) electrons. The van der Waals surface area contributed by atoms with E-state index in [-0.39, 0.29) is 29.3 Å². The molecule has 34 heavy (non-hydrogen) atoms. The fourth-order valence-electron chi connectivity index (χ4n) is 3.80. The van der Waals surface area contributed by atoms with Gasteiger partial charge in [-0.3, -0.25) is 25.2 Å². The monoisotopic (exact) mass is 498 g/mol. The molecule has 0 amide bonds. The Morgan fingerprint density at radius 3 is 2.38 bits per heavy atom. The van der Waals surface area contributed by atoms with Crippen LogP contribution in [0.15, 0.2) is 67.0 Å². The average molecular weight is 499 g/mol. The molecule has 0 saturated carbocycles. The summed E-state index contributed by atoms with van der Waals surface area (Å²) in [6.07, 6.45) is 2.71. The standard InChI is InChI=1S/C22H16Cl2N6O4/c23-13-3-5-15(16(24)10-13)17-6-7-18(30(33)34)21(28-17)22(12-25,19-2-1-9-26-19)20-8-4-14(11-27-20)29(31)32/h1-11,26H,12,25H2. The van der Waals surface area contributed by atoms with Crippen LogP contribution in [0.25, 0.3) is 11.3 Å². The van der Waals surface area contributed by atoms with Crippen molar-refractivity contribution in [2.24, 2.45) is 5.73 Å². The molecule has 12 heteroatoms. The zero-order valence-electron chi connectivity index (χ0n) is 17.3. The van der Waals surface area contributed by atoms with Gasteiger partial charge in [-0.15, -0.1) is 0 Å². The molecule has 4 rings (SSSR count). The zero-order chi connectivity index (χ0) is 24.5. The maximum Gasteiger partial charge on any atom is 0.292 e. The fraction of sp³-hybridized carbons (Fsp3) is 0.0909. The van der Waals surface area contributed by atoms with Crippen LogP contribution in [0.2, 0.25) is 10.0 Å². The smallest absolute Gasteiger partial charge is 0.292 e. The van der Waals surface area contributed by atoms with Gasteiger partial charge in [0.05, 0.1) is 26.3 Å². The van der Waals surface area contributed by atoms with Crippen molar-refractivity contribution in [3.8, 4) is 11.3 Å². The molecule has 1 unspecified atom stereocenters. The summed E-state index contributed by atoms with van der Waals surface area (Å²) in [6, 6.07) is 13.7. The number of H-pyrrole nitrogens is 1. The number of nitrogens with zero attached hydrogens (tertiary/aromatic N) is 4. The fourth-order valence-corrected chi connectivity index (χ4v) is 4.31. The van der Waals surface area contributed by atoms with Crippen molar-refractivity contribution in [1.82, 2.24) is 15.0 Å². The Balaban J connectivity index is 2.04. The highest BCUT2D eigenvalue weighted by molar-refractivity contribution is 6.36. The highest BCUT2D eigenvalue weighted by Crippen LogP contribution is 2.42. The minimum Gasteiger partial charge on any atom is -0.364 e. The van der Waals surface area contributed by atoms with Gasteiger partial charge in [-0.1, -0.05) is 23.2 Å². The predicted octanol–water partition coefficient (Wildman–Crippen LogP) is 4.89. The number of pyridine rings is 2. The summed E-state index contributed by atoms with van der Waals surface area (Å²) < 4.78 is 0. The molecule has 4 aromatic rings. The molecule has 0 bridgehead atoms. The lowest BCUT2D eigenvalue weighted by atomic mass is 9.76. The van der Waals surface area contributed by atoms with E-state index in [0.29, 0.717) is 27.0 Å². The number of nitro groups is 2. The van der Waals surface area contributed by atoms with Crippen LogP contribution in [0.5, 0.6) is 0 Å². The van der Waals surface area contributed by atoms with Crippen LogP contribution in [0.1, 0.15) is 17.1 Å². The normalized spacial score (nSPS) is 12.8. The molecular formula is C22H16Cl2N6O4. The van der Waals surface area contributed by atoms with Crippen molar-refractivity contribution in [3.63, 3.8) is 0 Å². The molecule has 10 nitrogen and oxygen atoms in total. The molecule has 3 heterocycles. The molecule has 0 aliphatic rings. The van der Waals surface area contributed by atoms with E-state index in [4.69, 9.17) is 28.9 Å². The zero-order valence-corrected chi connectivity index (χ0v) is 18.8. The molecule has 1 atom stereocenters. The van der Waals surface area contributed by atoms with Gasteiger partial charge >= 0.3 is 0 Å². The summed E-state index contributed by atoms with van der Waals surface area (Å²) in [6.45, 7) is -0.177. The van der Waals surface area contributed by atoms with Crippen molar-refractivity contribution in [3.05, 3.63) is 114 Å². The number of hydrogen-bond acceptors (Lipinski definition) is 7. The highest BCUT2D eigenvalue weighted by Gasteiger charge is 2.44. The van der Waals surface area contributed by atoms with Gasteiger partial charge in [-0.25, -0.2) is 4.98 Å². The minimum atomic E-state index is -1.42. The van der Waals surface area contributed by atoms with E-state index in [9.17, 15) is 20.2 Å². The first-order chi connectivity index (χ1) is 16.3. The third-order valence-electron chi connectivity index (χ3n) is 5.44. The summed E-state index contributed by atoms with van der Waals surface area (Å²) >= 11 is 12.4. The van der Waals surface area contributed by atoms with E-state index in [1.54, 1.807) is 36.5 Å². The minimum absolute atomic E-state index is 0.00678. The SMILES string of the molecule is NCC(c1ccc([N+](=O)[O-])cn1)(c1ccc[nH]1)c1nc(-c2ccc(Cl)cc2Cl)ccc1[N+](=O)[O-]. The van der Waals surface area contributed by atoms with Crippen LogP contribution >= 0.6 is 23.2 Å². The first kappa shape index (κ1) is 23.3. The Labute approximate surface area is 202 Å². The quantitative estimate of drug-likeness (QED) is 0.271. The van der Waals surface area contributed by atoms with Crippen molar-refractivity contribution >= 4 is 34.6 Å². The van der Waals surface area contributed by atoms with E-state index in [1.807, 2.05) is 0 Å². The molecule has 0 fully saturated rings. The van der Waals surface area contributed by atoms with E-state index in [2.05, 4.69) is 15.0 Å². The molecule has 0 aliphatic carbocycles. The van der Waals surface area contributed by atoms with Crippen LogP contribution in [-0.4, -0.2) is 31.3 Å². The molecule has 3 aromatic heterocycles. The molecule has 172 valence electrons. The summed E-state index contributed by atoms with van der Waals surface area (Å²) in [5.41, 5.74) is 5.92. The Morgan fingerprint density at radius 2 is 1.82 bits per heavy atom. The number of nitrogens with one attached hydrogen (secondary N) is 1. The topological polar surface area (TPSA) is 154 Å². The van der Waals surface area contributed by atoms with E-state index in [1.165, 1.54) is 24.3 Å². The van der Waals surface area contributed by atoms with Crippen molar-refractivity contribution in [1.29, 1.82) is 0 Å². The lowest BCUT2D eigenvalue weighted by molar-refractivity contribution is -0.386. The number of aromatic nitrogens is 3. The number of nitrogens with two attached hydrogens (primary N) is 1. The summed E-state index contributed by atoms with van der Waals surface area (Å²) in [5.74, 6) is 0. The maximum absolute atomic E-state index is 12.0. The second-order valence-corrected chi connectivity index (χ2v) is 8.14. The first-order valence-corrected chi connectivity index (χ1v) is 10.6. The van der Waals surface area contributed by atoms with Gasteiger partial charge in [-0.05, 0) is 42.5 Å². The summed E-state index contributed by atoms with van der Waals surface area (Å²) in [5, 5.41) is 23.9. The number of rotatable bonds is 7. The number of halogens is 2. The molecule has 1 aromatic carbocycles. The number of hydrogen-bond donors (Lipinski definition) is 2. The largest absolute Gasteiger partial charge is 0.364 e. The second-order valence-electron chi connectivity index (χ2n) is 7.30. The Kier molecular flexibility index (Phi) is 6.29. The first-order valence-electron chi connectivity index (χ1n) is 9.84. The Bertz CT molecular complexity index is 1380. The van der Waals surface area contributed by atoms with Crippen LogP contribution in [0.4, 0.5) is 11.4 Å². The number of benzene rings is 1. The lowest BCUT2D eigenvalue weighted by Crippen LogP contribution is -2.40. The van der Waals surface area contributed by atoms with Gasteiger partial charge in [0.25, 0.3) is 11.4 Å². The van der Waals surface area contributed by atoms with Gasteiger partial charge in [-0.2, -0.15) is 0 Å². The third-order valence-corrected chi connectivity index (χ3v) is 5.99. The van der Waals surface area contributed by atoms with Gasteiger partial charge in [0.15, 0.2) is 0 Å². The molecule has 0 spiro atoms. The predicted molar refractivity (Wildman–Crippen MR) is 127 cm³/mol. The highest BCUT2D eigenvalue weighted by atomic mass is 35.5. The van der Waals surface area contributed by atoms with E-state index in [0.717, 1.165) is 6.20 Å². The van der Waals surface area contributed by atoms with Gasteiger partial charge in [0, 0.05) is 41.2 Å². The molecule has 0 saturated heterocycles. The average Bonchev–Trinajstić information content (AvgIpc) is 3.35. The molecular weight excluding hydrogens is 483 g/mol. The van der Waals surface area contributed by atoms with Gasteiger partial charge < -0.3 is 10.7 Å². The lowest BCUT2D eigenvalue weighted by Gasteiger charge is -2.30. The number of aromatic amines is 1. The van der Waals surface area contributed by atoms with Crippen molar-refractivity contribution in [2.45, 2.75) is 5.41 Å². The van der Waals surface area contributed by atoms with Gasteiger partial charge in [0.1, 0.15) is 17.3 Å². The van der Waals surface area contributed by atoms with Crippen molar-refractivity contribution in [2.75, 3.05) is 6.54 Å². The van der Waals surface area contributed by atoms with Crippen LogP contribution in [-0.2, 0) is 5.41 Å². The third kappa shape index (κ3) is 3.98. The summed E-state index contributed by atoms with van der Waals surface area (Å²) in [4.78, 5) is 34.0. The van der Waals surface area contributed by atoms with Crippen LogP contribution in [0, 0.1) is 20.2 Å². The van der Waals surface area contributed by atoms with E-state index < -0.39 is 15.3 Å². The Morgan fingerprint density at radius 1 is 1.03 bits per heavy atom. The van der Waals surface area contributed by atoms with E-state index >= 15 is 0 Å². The molecule has 3 N–H and O–H groups in total. The van der Waals surface area contributed by atoms with Crippen LogP contribution in [0.3, 0.4) is 0 Å². The Hall–Kier alpha value is -3.86. The molecule has 0 aliphatic heterocycles. The second kappa shape index (κ2) is 9.18. The van der Waals surface area contributed by atoms with Gasteiger partial charge in [0.2, 0.25) is 0 Å². The van der Waals surface area contributed by atoms with Crippen LogP contribution < -0.4 is 5.73 Å².